The van der Waals surface area contributed by atoms with Gasteiger partial charge in [0.05, 0.1) is 4.90 Å². The highest BCUT2D eigenvalue weighted by atomic mass is 35.5. The Labute approximate surface area is 173 Å². The molecule has 0 unspecified atom stereocenters. The largest absolute Gasteiger partial charge is 0.481 e. The van der Waals surface area contributed by atoms with Gasteiger partial charge in [0.2, 0.25) is 10.0 Å². The van der Waals surface area contributed by atoms with E-state index in [1.807, 2.05) is 0 Å². The van der Waals surface area contributed by atoms with Crippen molar-refractivity contribution in [1.29, 1.82) is 0 Å². The Bertz CT molecular complexity index is 997. The Morgan fingerprint density at radius 1 is 1.14 bits per heavy atom. The summed E-state index contributed by atoms with van der Waals surface area (Å²) < 4.78 is 27.3. The van der Waals surface area contributed by atoms with Gasteiger partial charge in [0.1, 0.15) is 17.2 Å². The summed E-state index contributed by atoms with van der Waals surface area (Å²) in [5.41, 5.74) is 1.09. The van der Waals surface area contributed by atoms with Gasteiger partial charge in [-0.3, -0.25) is 9.59 Å². The molecule has 0 aliphatic rings. The van der Waals surface area contributed by atoms with Crippen LogP contribution in [0.5, 0.6) is 0 Å². The molecule has 2 rings (SSSR count). The first-order valence-electron chi connectivity index (χ1n) is 8.80. The van der Waals surface area contributed by atoms with Gasteiger partial charge in [-0.25, -0.2) is 23.1 Å². The van der Waals surface area contributed by atoms with Crippen LogP contribution >= 0.6 is 11.6 Å². The predicted octanol–water partition coefficient (Wildman–Crippen LogP) is 2.61. The number of carboxylic acids is 1. The van der Waals surface area contributed by atoms with Crippen molar-refractivity contribution < 1.29 is 23.1 Å². The molecule has 0 radical (unpaired) electrons. The number of carbonyl (C=O) groups is 2. The molecule has 0 saturated heterocycles. The van der Waals surface area contributed by atoms with Crippen LogP contribution in [0.25, 0.3) is 0 Å². The van der Waals surface area contributed by atoms with Crippen LogP contribution in [-0.4, -0.2) is 41.9 Å². The first-order valence-corrected chi connectivity index (χ1v) is 10.7. The highest BCUT2D eigenvalue weighted by molar-refractivity contribution is 7.89. The van der Waals surface area contributed by atoms with Crippen molar-refractivity contribution >= 4 is 39.2 Å². The van der Waals surface area contributed by atoms with E-state index >= 15 is 0 Å². The quantitative estimate of drug-likeness (QED) is 0.381. The average Bonchev–Trinajstić information content (AvgIpc) is 2.65. The van der Waals surface area contributed by atoms with Crippen LogP contribution in [-0.2, 0) is 14.8 Å². The number of rotatable bonds is 10. The second-order valence-electron chi connectivity index (χ2n) is 6.26. The van der Waals surface area contributed by atoms with Crippen LogP contribution in [0.15, 0.2) is 35.5 Å². The van der Waals surface area contributed by atoms with Crippen molar-refractivity contribution in [1.82, 2.24) is 14.7 Å². The Hall–Kier alpha value is -2.56. The lowest BCUT2D eigenvalue weighted by Crippen LogP contribution is -2.25. The number of nitrogens with zero attached hydrogens (tertiary/aromatic N) is 2. The molecule has 156 valence electrons. The van der Waals surface area contributed by atoms with Gasteiger partial charge in [0.25, 0.3) is 5.91 Å². The summed E-state index contributed by atoms with van der Waals surface area (Å²) in [6.07, 6.45) is 2.91. The van der Waals surface area contributed by atoms with E-state index in [9.17, 15) is 18.0 Å². The van der Waals surface area contributed by atoms with E-state index in [-0.39, 0.29) is 28.7 Å². The van der Waals surface area contributed by atoms with Crippen molar-refractivity contribution in [2.75, 3.05) is 11.9 Å². The number of carboxylic acid groups (broad SMARTS) is 1. The summed E-state index contributed by atoms with van der Waals surface area (Å²) in [5.74, 6) is -1.36. The molecule has 0 aliphatic heterocycles. The van der Waals surface area contributed by atoms with E-state index in [1.54, 1.807) is 6.92 Å². The molecule has 1 aromatic carbocycles. The molecule has 11 heteroatoms. The van der Waals surface area contributed by atoms with Crippen molar-refractivity contribution in [2.45, 2.75) is 37.5 Å². The molecule has 0 atom stereocenters. The summed E-state index contributed by atoms with van der Waals surface area (Å²) in [6, 6.07) is 5.67. The van der Waals surface area contributed by atoms with Gasteiger partial charge in [-0.05, 0) is 43.5 Å². The molecule has 0 aliphatic carbocycles. The number of hydrogen-bond acceptors (Lipinski definition) is 6. The zero-order valence-electron chi connectivity index (χ0n) is 15.7. The molecule has 0 saturated carbocycles. The van der Waals surface area contributed by atoms with Crippen LogP contribution in [0, 0.1) is 6.92 Å². The first-order chi connectivity index (χ1) is 13.7. The Balaban J connectivity index is 1.97. The molecule has 9 nitrogen and oxygen atoms in total. The van der Waals surface area contributed by atoms with Gasteiger partial charge < -0.3 is 10.4 Å². The normalized spacial score (nSPS) is 11.2. The van der Waals surface area contributed by atoms with E-state index in [4.69, 9.17) is 16.7 Å². The number of aliphatic carboxylic acids is 1. The zero-order valence-corrected chi connectivity index (χ0v) is 17.3. The fourth-order valence-corrected chi connectivity index (χ4v) is 3.76. The van der Waals surface area contributed by atoms with Crippen molar-refractivity contribution in [3.05, 3.63) is 47.0 Å². The molecule has 2 aromatic rings. The lowest BCUT2D eigenvalue weighted by molar-refractivity contribution is -0.137. The van der Waals surface area contributed by atoms with Crippen molar-refractivity contribution in [3.63, 3.8) is 0 Å². The first kappa shape index (κ1) is 22.7. The second-order valence-corrected chi connectivity index (χ2v) is 8.41. The topological polar surface area (TPSA) is 138 Å². The Kier molecular flexibility index (Phi) is 8.06. The van der Waals surface area contributed by atoms with Crippen molar-refractivity contribution in [3.8, 4) is 0 Å². The number of aryl methyl sites for hydroxylation is 1. The molecule has 3 N–H and O–H groups in total. The zero-order chi connectivity index (χ0) is 21.4. The minimum atomic E-state index is -3.71. The molecule has 0 fully saturated rings. The lowest BCUT2D eigenvalue weighted by Gasteiger charge is -2.11. The molecular weight excluding hydrogens is 420 g/mol. The summed E-state index contributed by atoms with van der Waals surface area (Å²) in [4.78, 5) is 30.3. The van der Waals surface area contributed by atoms with E-state index in [1.165, 1.54) is 30.6 Å². The molecule has 1 aromatic heterocycles. The second kappa shape index (κ2) is 10.3. The number of unbranched alkanes of at least 4 members (excludes halogenated alkanes) is 2. The fourth-order valence-electron chi connectivity index (χ4n) is 2.46. The number of benzene rings is 1. The Morgan fingerprint density at radius 3 is 2.55 bits per heavy atom. The predicted molar refractivity (Wildman–Crippen MR) is 107 cm³/mol. The van der Waals surface area contributed by atoms with Gasteiger partial charge in [0.15, 0.2) is 0 Å². The van der Waals surface area contributed by atoms with Gasteiger partial charge in [-0.15, -0.1) is 0 Å². The van der Waals surface area contributed by atoms with E-state index in [2.05, 4.69) is 20.0 Å². The third-order valence-corrected chi connectivity index (χ3v) is 5.65. The van der Waals surface area contributed by atoms with Gasteiger partial charge >= 0.3 is 5.97 Å². The van der Waals surface area contributed by atoms with Crippen LogP contribution in [0.4, 0.5) is 5.69 Å². The number of sulfonamides is 1. The maximum atomic E-state index is 12.4. The van der Waals surface area contributed by atoms with Gasteiger partial charge in [-0.2, -0.15) is 0 Å². The number of hydrogen-bond donors (Lipinski definition) is 3. The summed E-state index contributed by atoms with van der Waals surface area (Å²) in [6.45, 7) is 1.89. The molecule has 29 heavy (non-hydrogen) atoms. The SMILES string of the molecule is Cc1cc(S(=O)(=O)NCCCCCC(=O)O)ccc1NC(=O)c1cc(Cl)ncn1. The van der Waals surface area contributed by atoms with E-state index < -0.39 is 21.9 Å². The maximum absolute atomic E-state index is 12.4. The number of amides is 1. The molecule has 0 bridgehead atoms. The molecule has 0 spiro atoms. The van der Waals surface area contributed by atoms with Crippen molar-refractivity contribution in [2.24, 2.45) is 0 Å². The standard InChI is InChI=1S/C18H21ClN4O5S/c1-12-9-13(29(27,28)22-8-4-2-3-5-17(24)25)6-7-14(12)23-18(26)15-10-16(19)21-11-20-15/h6-7,9-11,22H,2-5,8H2,1H3,(H,23,26)(H,24,25). The number of halogens is 1. The fraction of sp³-hybridized carbons (Fsp3) is 0.333. The third-order valence-electron chi connectivity index (χ3n) is 3.98. The third kappa shape index (κ3) is 7.08. The van der Waals surface area contributed by atoms with Crippen LogP contribution in [0.2, 0.25) is 5.15 Å². The summed E-state index contributed by atoms with van der Waals surface area (Å²) in [5, 5.41) is 11.4. The highest BCUT2D eigenvalue weighted by Gasteiger charge is 2.16. The maximum Gasteiger partial charge on any atom is 0.303 e. The number of aromatic nitrogens is 2. The van der Waals surface area contributed by atoms with Gasteiger partial charge in [0, 0.05) is 24.7 Å². The smallest absolute Gasteiger partial charge is 0.303 e. The monoisotopic (exact) mass is 440 g/mol. The molecule has 1 heterocycles. The van der Waals surface area contributed by atoms with E-state index in [0.29, 0.717) is 30.5 Å². The lowest BCUT2D eigenvalue weighted by atomic mass is 10.2. The van der Waals surface area contributed by atoms with Crippen LogP contribution in [0.1, 0.15) is 41.7 Å². The summed E-state index contributed by atoms with van der Waals surface area (Å²) in [7, 11) is -3.71. The van der Waals surface area contributed by atoms with E-state index in [0.717, 1.165) is 0 Å². The van der Waals surface area contributed by atoms with Crippen LogP contribution < -0.4 is 10.0 Å². The van der Waals surface area contributed by atoms with Crippen LogP contribution in [0.3, 0.4) is 0 Å². The minimum Gasteiger partial charge on any atom is -0.481 e. The average molecular weight is 441 g/mol. The number of nitrogens with one attached hydrogen (secondary N) is 2. The van der Waals surface area contributed by atoms with Gasteiger partial charge in [-0.1, -0.05) is 18.0 Å². The highest BCUT2D eigenvalue weighted by Crippen LogP contribution is 2.20. The molecular formula is C18H21ClN4O5S. The molecule has 1 amide bonds. The Morgan fingerprint density at radius 2 is 1.90 bits per heavy atom. The number of carbonyl (C=O) groups excluding carboxylic acids is 1. The summed E-state index contributed by atoms with van der Waals surface area (Å²) >= 11 is 5.75. The minimum absolute atomic E-state index is 0.0698. The number of anilines is 1.